The summed E-state index contributed by atoms with van der Waals surface area (Å²) in [6.07, 6.45) is 5.06. The molecule has 1 unspecified atom stereocenters. The Balaban J connectivity index is 1.93. The van der Waals surface area contributed by atoms with Crippen molar-refractivity contribution in [1.82, 2.24) is 5.43 Å². The van der Waals surface area contributed by atoms with E-state index in [9.17, 15) is 0 Å². The molecular formula is C15H17ClN2S. The van der Waals surface area contributed by atoms with Gasteiger partial charge in [-0.3, -0.25) is 5.84 Å². The lowest BCUT2D eigenvalue weighted by atomic mass is 9.98. The number of hydrogen-bond acceptors (Lipinski definition) is 3. The number of nitrogens with two attached hydrogens (primary N) is 1. The molecule has 2 nitrogen and oxygen atoms in total. The number of halogens is 1. The van der Waals surface area contributed by atoms with Crippen LogP contribution in [-0.4, -0.2) is 0 Å². The monoisotopic (exact) mass is 292 g/mol. The highest BCUT2D eigenvalue weighted by Crippen LogP contribution is 2.35. The maximum atomic E-state index is 5.94. The first kappa shape index (κ1) is 13.1. The maximum Gasteiger partial charge on any atom is 0.0802 e. The number of rotatable bonds is 3. The largest absolute Gasteiger partial charge is 0.271 e. The third-order valence-electron chi connectivity index (χ3n) is 3.67. The van der Waals surface area contributed by atoms with Crippen LogP contribution in [0.1, 0.15) is 39.8 Å². The number of fused-ring (bicyclic) bond motifs is 1. The van der Waals surface area contributed by atoms with E-state index in [-0.39, 0.29) is 6.04 Å². The fourth-order valence-corrected chi connectivity index (χ4v) is 4.13. The number of hydrazine groups is 1. The van der Waals surface area contributed by atoms with Crippen molar-refractivity contribution in [2.24, 2.45) is 5.84 Å². The summed E-state index contributed by atoms with van der Waals surface area (Å²) in [5.41, 5.74) is 5.60. The summed E-state index contributed by atoms with van der Waals surface area (Å²) in [5.74, 6) is 5.76. The second kappa shape index (κ2) is 5.63. The van der Waals surface area contributed by atoms with Gasteiger partial charge in [0, 0.05) is 14.8 Å². The van der Waals surface area contributed by atoms with E-state index < -0.39 is 0 Å². The number of aryl methyl sites for hydroxylation is 2. The van der Waals surface area contributed by atoms with Gasteiger partial charge in [0.15, 0.2) is 0 Å². The molecule has 3 rings (SSSR count). The zero-order valence-electron chi connectivity index (χ0n) is 10.7. The van der Waals surface area contributed by atoms with Gasteiger partial charge in [-0.25, -0.2) is 5.43 Å². The lowest BCUT2D eigenvalue weighted by Crippen LogP contribution is -2.28. The van der Waals surface area contributed by atoms with Crippen molar-refractivity contribution in [3.8, 4) is 0 Å². The average Bonchev–Trinajstić information content (AvgIpc) is 2.85. The van der Waals surface area contributed by atoms with Gasteiger partial charge in [-0.1, -0.05) is 23.7 Å². The predicted octanol–water partition coefficient (Wildman–Crippen LogP) is 3.83. The Bertz CT molecular complexity index is 539. The molecule has 0 saturated carbocycles. The molecule has 0 bridgehead atoms. The molecule has 2 aromatic rings. The van der Waals surface area contributed by atoms with Crippen molar-refractivity contribution in [2.45, 2.75) is 31.7 Å². The normalized spacial score (nSPS) is 16.1. The third kappa shape index (κ3) is 2.70. The molecule has 100 valence electrons. The van der Waals surface area contributed by atoms with Crippen molar-refractivity contribution in [1.29, 1.82) is 0 Å². The molecule has 0 fully saturated rings. The molecule has 0 amide bonds. The highest BCUT2D eigenvalue weighted by Gasteiger charge is 2.19. The first-order valence-electron chi connectivity index (χ1n) is 6.61. The first-order chi connectivity index (χ1) is 9.28. The molecule has 1 aromatic heterocycles. The summed E-state index contributed by atoms with van der Waals surface area (Å²) in [6, 6.07) is 10.3. The van der Waals surface area contributed by atoms with E-state index in [1.165, 1.54) is 41.0 Å². The Kier molecular flexibility index (Phi) is 3.89. The van der Waals surface area contributed by atoms with Gasteiger partial charge in [-0.2, -0.15) is 0 Å². The van der Waals surface area contributed by atoms with Gasteiger partial charge in [0.1, 0.15) is 0 Å². The third-order valence-corrected chi connectivity index (χ3v) is 5.22. The molecule has 0 saturated heterocycles. The summed E-state index contributed by atoms with van der Waals surface area (Å²) < 4.78 is 0. The Morgan fingerprint density at radius 2 is 1.89 bits per heavy atom. The van der Waals surface area contributed by atoms with Crippen molar-refractivity contribution in [3.63, 3.8) is 0 Å². The summed E-state index contributed by atoms with van der Waals surface area (Å²) in [6.45, 7) is 0. The number of thiophene rings is 1. The van der Waals surface area contributed by atoms with Crippen LogP contribution in [0, 0.1) is 0 Å². The minimum Gasteiger partial charge on any atom is -0.271 e. The summed E-state index contributed by atoms with van der Waals surface area (Å²) in [7, 11) is 0. The Labute approximate surface area is 122 Å². The lowest BCUT2D eigenvalue weighted by molar-refractivity contribution is 0.645. The van der Waals surface area contributed by atoms with Gasteiger partial charge >= 0.3 is 0 Å². The van der Waals surface area contributed by atoms with Crippen molar-refractivity contribution >= 4 is 22.9 Å². The quantitative estimate of drug-likeness (QED) is 0.666. The Morgan fingerprint density at radius 3 is 2.58 bits per heavy atom. The standard InChI is InChI=1S/C15H17ClN2S/c16-12-7-5-10(6-8-12)15(18-17)14-9-11-3-1-2-4-13(11)19-14/h5-9,15,18H,1-4,17H2. The number of benzene rings is 1. The highest BCUT2D eigenvalue weighted by atomic mass is 35.5. The van der Waals surface area contributed by atoms with Crippen LogP contribution in [0.25, 0.3) is 0 Å². The topological polar surface area (TPSA) is 38.0 Å². The van der Waals surface area contributed by atoms with Gasteiger partial charge in [0.2, 0.25) is 0 Å². The second-order valence-corrected chi connectivity index (χ2v) is 6.56. The number of nitrogens with one attached hydrogen (secondary N) is 1. The van der Waals surface area contributed by atoms with E-state index >= 15 is 0 Å². The second-order valence-electron chi connectivity index (χ2n) is 4.96. The van der Waals surface area contributed by atoms with Gasteiger partial charge in [0.05, 0.1) is 6.04 Å². The SMILES string of the molecule is NNC(c1ccc(Cl)cc1)c1cc2c(s1)CCCC2. The van der Waals surface area contributed by atoms with Crippen LogP contribution in [0.4, 0.5) is 0 Å². The van der Waals surface area contributed by atoms with E-state index in [1.54, 1.807) is 0 Å². The molecule has 0 aliphatic heterocycles. The average molecular weight is 293 g/mol. The van der Waals surface area contributed by atoms with Crippen LogP contribution in [0.2, 0.25) is 5.02 Å². The number of hydrogen-bond donors (Lipinski definition) is 2. The highest BCUT2D eigenvalue weighted by molar-refractivity contribution is 7.12. The van der Waals surface area contributed by atoms with Gasteiger partial charge in [0.25, 0.3) is 0 Å². The molecule has 1 aliphatic rings. The van der Waals surface area contributed by atoms with E-state index in [2.05, 4.69) is 11.5 Å². The zero-order valence-corrected chi connectivity index (χ0v) is 12.2. The van der Waals surface area contributed by atoms with Crippen LogP contribution in [0.3, 0.4) is 0 Å². The summed E-state index contributed by atoms with van der Waals surface area (Å²) in [5, 5.41) is 0.755. The lowest BCUT2D eigenvalue weighted by Gasteiger charge is -2.14. The van der Waals surface area contributed by atoms with E-state index in [0.29, 0.717) is 0 Å². The molecule has 1 atom stereocenters. The van der Waals surface area contributed by atoms with Crippen LogP contribution in [0.15, 0.2) is 30.3 Å². The fourth-order valence-electron chi connectivity index (χ4n) is 2.65. The van der Waals surface area contributed by atoms with Crippen LogP contribution in [-0.2, 0) is 12.8 Å². The van der Waals surface area contributed by atoms with E-state index in [4.69, 9.17) is 17.4 Å². The molecule has 3 N–H and O–H groups in total. The molecular weight excluding hydrogens is 276 g/mol. The van der Waals surface area contributed by atoms with Gasteiger partial charge in [-0.15, -0.1) is 11.3 Å². The predicted molar refractivity (Wildman–Crippen MR) is 81.6 cm³/mol. The molecule has 1 aromatic carbocycles. The minimum atomic E-state index is 0.0628. The smallest absolute Gasteiger partial charge is 0.0802 e. The van der Waals surface area contributed by atoms with Gasteiger partial charge in [-0.05, 0) is 55.0 Å². The van der Waals surface area contributed by atoms with Crippen molar-refractivity contribution < 1.29 is 0 Å². The van der Waals surface area contributed by atoms with Crippen LogP contribution in [0.5, 0.6) is 0 Å². The van der Waals surface area contributed by atoms with E-state index in [0.717, 1.165) is 10.6 Å². The van der Waals surface area contributed by atoms with Crippen LogP contribution >= 0.6 is 22.9 Å². The fraction of sp³-hybridized carbons (Fsp3) is 0.333. The molecule has 0 radical (unpaired) electrons. The van der Waals surface area contributed by atoms with Gasteiger partial charge < -0.3 is 0 Å². The van der Waals surface area contributed by atoms with Crippen LogP contribution < -0.4 is 11.3 Å². The summed E-state index contributed by atoms with van der Waals surface area (Å²) >= 11 is 7.83. The van der Waals surface area contributed by atoms with Crippen molar-refractivity contribution in [3.05, 3.63) is 56.2 Å². The zero-order chi connectivity index (χ0) is 13.2. The minimum absolute atomic E-state index is 0.0628. The Hall–Kier alpha value is -0.870. The first-order valence-corrected chi connectivity index (χ1v) is 7.80. The molecule has 4 heteroatoms. The molecule has 1 heterocycles. The maximum absolute atomic E-state index is 5.94. The van der Waals surface area contributed by atoms with Crippen molar-refractivity contribution in [2.75, 3.05) is 0 Å². The molecule has 1 aliphatic carbocycles. The molecule has 19 heavy (non-hydrogen) atoms. The summed E-state index contributed by atoms with van der Waals surface area (Å²) in [4.78, 5) is 2.84. The molecule has 0 spiro atoms. The Morgan fingerprint density at radius 1 is 1.16 bits per heavy atom. The van der Waals surface area contributed by atoms with E-state index in [1.807, 2.05) is 35.6 Å².